The average Bonchev–Trinajstić information content (AvgIpc) is 3.20. The number of benzene rings is 1. The van der Waals surface area contributed by atoms with Crippen LogP contribution in [0.3, 0.4) is 0 Å². The van der Waals surface area contributed by atoms with Gasteiger partial charge < -0.3 is 10.6 Å². The molecule has 2 aliphatic rings. The Kier molecular flexibility index (Phi) is 6.27. The lowest BCUT2D eigenvalue weighted by atomic mass is 9.96. The summed E-state index contributed by atoms with van der Waals surface area (Å²) in [7, 11) is 0. The molecule has 4 rings (SSSR count). The van der Waals surface area contributed by atoms with Crippen molar-refractivity contribution in [1.82, 2.24) is 20.5 Å². The van der Waals surface area contributed by atoms with Gasteiger partial charge in [0.2, 0.25) is 0 Å². The van der Waals surface area contributed by atoms with Gasteiger partial charge in [0, 0.05) is 42.3 Å². The summed E-state index contributed by atoms with van der Waals surface area (Å²) in [5, 5.41) is 8.19. The minimum Gasteiger partial charge on any atom is -0.357 e. The van der Waals surface area contributed by atoms with Crippen molar-refractivity contribution < 1.29 is 0 Å². The first-order valence-electron chi connectivity index (χ1n) is 10.5. The summed E-state index contributed by atoms with van der Waals surface area (Å²) in [4.78, 5) is 13.2. The summed E-state index contributed by atoms with van der Waals surface area (Å²) in [6.07, 6.45) is 6.97. The zero-order chi connectivity index (χ0) is 19.3. The molecule has 2 fully saturated rings. The number of aliphatic imine (C=N–C) groups is 1. The smallest absolute Gasteiger partial charge is 0.191 e. The number of rotatable bonds is 6. The van der Waals surface area contributed by atoms with Crippen molar-refractivity contribution in [3.05, 3.63) is 52.0 Å². The highest BCUT2D eigenvalue weighted by atomic mass is 32.1. The molecule has 2 atom stereocenters. The Hall–Kier alpha value is -1.92. The zero-order valence-electron chi connectivity index (χ0n) is 16.9. The molecular formula is C22H31N5S. The Morgan fingerprint density at radius 1 is 1.21 bits per heavy atom. The van der Waals surface area contributed by atoms with Crippen LogP contribution in [0.4, 0.5) is 0 Å². The third-order valence-electron chi connectivity index (χ3n) is 5.82. The number of aromatic nitrogens is 1. The van der Waals surface area contributed by atoms with Crippen molar-refractivity contribution in [1.29, 1.82) is 0 Å². The summed E-state index contributed by atoms with van der Waals surface area (Å²) in [6, 6.07) is 12.8. The van der Waals surface area contributed by atoms with E-state index in [0.717, 1.165) is 24.1 Å². The minimum absolute atomic E-state index is 0.500. The fourth-order valence-corrected chi connectivity index (χ4v) is 5.29. The van der Waals surface area contributed by atoms with Gasteiger partial charge in [0.15, 0.2) is 5.96 Å². The number of hydrogen-bond donors (Lipinski definition) is 2. The fourth-order valence-electron chi connectivity index (χ4n) is 4.58. The van der Waals surface area contributed by atoms with Crippen molar-refractivity contribution in [2.75, 3.05) is 6.54 Å². The normalized spacial score (nSPS) is 25.1. The van der Waals surface area contributed by atoms with Crippen LogP contribution in [-0.2, 0) is 13.1 Å². The molecule has 6 heteroatoms. The van der Waals surface area contributed by atoms with Gasteiger partial charge in [0.1, 0.15) is 5.01 Å². The van der Waals surface area contributed by atoms with E-state index in [9.17, 15) is 0 Å². The van der Waals surface area contributed by atoms with Gasteiger partial charge in [-0.25, -0.2) is 9.98 Å². The van der Waals surface area contributed by atoms with Gasteiger partial charge in [-0.2, -0.15) is 0 Å². The van der Waals surface area contributed by atoms with Gasteiger partial charge in [-0.3, -0.25) is 4.90 Å². The van der Waals surface area contributed by atoms with E-state index in [1.807, 2.05) is 6.20 Å². The van der Waals surface area contributed by atoms with E-state index >= 15 is 0 Å². The Morgan fingerprint density at radius 2 is 1.96 bits per heavy atom. The first-order valence-corrected chi connectivity index (χ1v) is 11.3. The maximum absolute atomic E-state index is 4.78. The number of nitrogens with one attached hydrogen (secondary N) is 2. The van der Waals surface area contributed by atoms with Crippen molar-refractivity contribution in [2.24, 2.45) is 4.99 Å². The molecule has 2 N–H and O–H groups in total. The Bertz CT molecular complexity index is 773. The fraction of sp³-hybridized carbons (Fsp3) is 0.545. The molecule has 2 aromatic rings. The highest BCUT2D eigenvalue weighted by Crippen LogP contribution is 2.36. The van der Waals surface area contributed by atoms with Crippen LogP contribution in [0.5, 0.6) is 0 Å². The van der Waals surface area contributed by atoms with Gasteiger partial charge in [-0.05, 0) is 45.1 Å². The number of guanidine groups is 1. The third-order valence-corrected chi connectivity index (χ3v) is 6.72. The number of hydrogen-bond acceptors (Lipinski definition) is 4. The van der Waals surface area contributed by atoms with Crippen molar-refractivity contribution in [3.63, 3.8) is 0 Å². The van der Waals surface area contributed by atoms with Crippen LogP contribution in [-0.4, -0.2) is 40.5 Å². The van der Waals surface area contributed by atoms with Crippen molar-refractivity contribution in [3.8, 4) is 0 Å². The predicted molar refractivity (Wildman–Crippen MR) is 117 cm³/mol. The minimum atomic E-state index is 0.500. The topological polar surface area (TPSA) is 52.6 Å². The van der Waals surface area contributed by atoms with Crippen LogP contribution < -0.4 is 10.6 Å². The van der Waals surface area contributed by atoms with Gasteiger partial charge in [0.05, 0.1) is 6.54 Å². The van der Waals surface area contributed by atoms with Gasteiger partial charge in [-0.1, -0.05) is 30.3 Å². The van der Waals surface area contributed by atoms with Crippen LogP contribution in [0, 0.1) is 6.92 Å². The van der Waals surface area contributed by atoms with E-state index in [1.54, 1.807) is 11.3 Å². The molecule has 2 saturated heterocycles. The van der Waals surface area contributed by atoms with Crippen LogP contribution in [0.15, 0.2) is 41.5 Å². The van der Waals surface area contributed by atoms with E-state index in [4.69, 9.17) is 4.99 Å². The summed E-state index contributed by atoms with van der Waals surface area (Å²) in [6.45, 7) is 6.82. The van der Waals surface area contributed by atoms with E-state index in [0.29, 0.717) is 24.7 Å². The van der Waals surface area contributed by atoms with Crippen molar-refractivity contribution in [2.45, 2.75) is 70.7 Å². The molecule has 150 valence electrons. The lowest BCUT2D eigenvalue weighted by Gasteiger charge is -2.39. The SMILES string of the molecule is CCNC(=NCc1ncc(C)s1)NC1CC2CCC(C1)N2Cc1ccccc1. The quantitative estimate of drug-likeness (QED) is 0.576. The number of piperidine rings is 1. The summed E-state index contributed by atoms with van der Waals surface area (Å²) in [5.41, 5.74) is 1.43. The molecule has 5 nitrogen and oxygen atoms in total. The second-order valence-electron chi connectivity index (χ2n) is 7.92. The number of aryl methyl sites for hydroxylation is 1. The van der Waals surface area contributed by atoms with Crippen LogP contribution in [0.2, 0.25) is 0 Å². The first-order chi connectivity index (χ1) is 13.7. The van der Waals surface area contributed by atoms with Gasteiger partial charge >= 0.3 is 0 Å². The number of nitrogens with zero attached hydrogens (tertiary/aromatic N) is 3. The average molecular weight is 398 g/mol. The Labute approximate surface area is 172 Å². The van der Waals surface area contributed by atoms with E-state index < -0.39 is 0 Å². The standard InChI is InChI=1S/C22H31N5S/c1-3-23-22(25-14-21-24-13-16(2)28-21)26-18-11-19-9-10-20(12-18)27(19)15-17-7-5-4-6-8-17/h4-8,13,18-20H,3,9-12,14-15H2,1-2H3,(H2,23,25,26). The molecular weight excluding hydrogens is 366 g/mol. The molecule has 2 aliphatic heterocycles. The monoisotopic (exact) mass is 397 g/mol. The lowest BCUT2D eigenvalue weighted by Crippen LogP contribution is -2.52. The lowest BCUT2D eigenvalue weighted by molar-refractivity contribution is 0.114. The molecule has 2 bridgehead atoms. The molecule has 28 heavy (non-hydrogen) atoms. The molecule has 1 aromatic heterocycles. The van der Waals surface area contributed by atoms with Gasteiger partial charge in [0.25, 0.3) is 0 Å². The second kappa shape index (κ2) is 9.05. The molecule has 3 heterocycles. The number of fused-ring (bicyclic) bond motifs is 2. The van der Waals surface area contributed by atoms with Crippen molar-refractivity contribution >= 4 is 17.3 Å². The Balaban J connectivity index is 1.36. The summed E-state index contributed by atoms with van der Waals surface area (Å²) in [5.74, 6) is 0.927. The molecule has 0 spiro atoms. The van der Waals surface area contributed by atoms with E-state index in [-0.39, 0.29) is 0 Å². The molecule has 0 radical (unpaired) electrons. The first kappa shape index (κ1) is 19.4. The molecule has 1 aromatic carbocycles. The third kappa shape index (κ3) is 4.73. The number of thiazole rings is 1. The second-order valence-corrected chi connectivity index (χ2v) is 9.23. The Morgan fingerprint density at radius 3 is 2.61 bits per heavy atom. The maximum Gasteiger partial charge on any atom is 0.191 e. The van der Waals surface area contributed by atoms with E-state index in [1.165, 1.54) is 36.1 Å². The predicted octanol–water partition coefficient (Wildman–Crippen LogP) is 3.70. The molecule has 0 amide bonds. The molecule has 2 unspecified atom stereocenters. The maximum atomic E-state index is 4.78. The summed E-state index contributed by atoms with van der Waals surface area (Å²) >= 11 is 1.73. The largest absolute Gasteiger partial charge is 0.357 e. The molecule has 0 aliphatic carbocycles. The highest BCUT2D eigenvalue weighted by Gasteiger charge is 2.40. The van der Waals surface area contributed by atoms with E-state index in [2.05, 4.69) is 64.7 Å². The molecule has 0 saturated carbocycles. The summed E-state index contributed by atoms with van der Waals surface area (Å²) < 4.78 is 0. The zero-order valence-corrected chi connectivity index (χ0v) is 17.7. The van der Waals surface area contributed by atoms with Gasteiger partial charge in [-0.15, -0.1) is 11.3 Å². The van der Waals surface area contributed by atoms with Crippen LogP contribution in [0.25, 0.3) is 0 Å². The highest BCUT2D eigenvalue weighted by molar-refractivity contribution is 7.11. The van der Waals surface area contributed by atoms with Crippen LogP contribution >= 0.6 is 11.3 Å². The van der Waals surface area contributed by atoms with Crippen LogP contribution in [0.1, 0.15) is 48.1 Å².